The number of benzene rings is 1. The van der Waals surface area contributed by atoms with Crippen LogP contribution in [0, 0.1) is 6.92 Å². The van der Waals surface area contributed by atoms with E-state index in [4.69, 9.17) is 16.0 Å². The average Bonchev–Trinajstić information content (AvgIpc) is 2.78. The Labute approximate surface area is 118 Å². The predicted octanol–water partition coefficient (Wildman–Crippen LogP) is 3.59. The van der Waals surface area contributed by atoms with Gasteiger partial charge in [0.25, 0.3) is 0 Å². The van der Waals surface area contributed by atoms with Crippen LogP contribution in [0.3, 0.4) is 0 Å². The maximum absolute atomic E-state index is 6.09. The molecule has 0 unspecified atom stereocenters. The molecule has 0 atom stereocenters. The summed E-state index contributed by atoms with van der Waals surface area (Å²) in [6.45, 7) is 8.76. The Hall–Kier alpha value is -1.39. The molecule has 2 aromatic rings. The van der Waals surface area contributed by atoms with Gasteiger partial charge in [-0.1, -0.05) is 17.7 Å². The molecule has 0 aliphatic heterocycles. The van der Waals surface area contributed by atoms with Crippen LogP contribution in [0.2, 0.25) is 5.02 Å². The number of rotatable bonds is 3. The normalized spacial score (nSPS) is 11.8. The van der Waals surface area contributed by atoms with Crippen molar-refractivity contribution in [1.82, 2.24) is 15.5 Å². The second kappa shape index (κ2) is 5.31. The predicted molar refractivity (Wildman–Crippen MR) is 76.1 cm³/mol. The first-order chi connectivity index (χ1) is 8.87. The van der Waals surface area contributed by atoms with E-state index in [0.717, 1.165) is 11.1 Å². The van der Waals surface area contributed by atoms with Crippen molar-refractivity contribution in [2.75, 3.05) is 0 Å². The summed E-state index contributed by atoms with van der Waals surface area (Å²) in [5, 5.41) is 12.1. The lowest BCUT2D eigenvalue weighted by Crippen LogP contribution is -2.35. The van der Waals surface area contributed by atoms with E-state index in [1.54, 1.807) is 0 Å². The highest BCUT2D eigenvalue weighted by Crippen LogP contribution is 2.27. The van der Waals surface area contributed by atoms with Crippen LogP contribution < -0.4 is 5.32 Å². The van der Waals surface area contributed by atoms with Crippen LogP contribution in [0.25, 0.3) is 11.5 Å². The van der Waals surface area contributed by atoms with Crippen LogP contribution in [-0.4, -0.2) is 15.7 Å². The zero-order chi connectivity index (χ0) is 14.0. The molecule has 1 aromatic heterocycles. The second-order valence-corrected chi connectivity index (χ2v) is 5.92. The third-order valence-corrected chi connectivity index (χ3v) is 3.14. The smallest absolute Gasteiger partial charge is 0.248 e. The molecule has 0 bridgehead atoms. The monoisotopic (exact) mass is 279 g/mol. The van der Waals surface area contributed by atoms with Crippen LogP contribution in [0.5, 0.6) is 0 Å². The Morgan fingerprint density at radius 3 is 2.68 bits per heavy atom. The number of hydrogen-bond acceptors (Lipinski definition) is 4. The lowest BCUT2D eigenvalue weighted by Gasteiger charge is -2.18. The highest BCUT2D eigenvalue weighted by atomic mass is 35.5. The van der Waals surface area contributed by atoms with E-state index in [1.807, 2.05) is 25.1 Å². The highest BCUT2D eigenvalue weighted by molar-refractivity contribution is 6.31. The minimum atomic E-state index is 0.0145. The van der Waals surface area contributed by atoms with E-state index in [9.17, 15) is 0 Å². The number of hydrogen-bond donors (Lipinski definition) is 1. The van der Waals surface area contributed by atoms with Gasteiger partial charge in [-0.3, -0.25) is 0 Å². The van der Waals surface area contributed by atoms with Crippen molar-refractivity contribution in [3.63, 3.8) is 0 Å². The van der Waals surface area contributed by atoms with Gasteiger partial charge in [-0.25, -0.2) is 0 Å². The summed E-state index contributed by atoms with van der Waals surface area (Å²) in [4.78, 5) is 0. The summed E-state index contributed by atoms with van der Waals surface area (Å²) < 4.78 is 5.66. The highest BCUT2D eigenvalue weighted by Gasteiger charge is 2.14. The Balaban J connectivity index is 2.19. The van der Waals surface area contributed by atoms with Crippen LogP contribution in [0.15, 0.2) is 22.6 Å². The summed E-state index contributed by atoms with van der Waals surface area (Å²) in [5.74, 6) is 1.08. The Morgan fingerprint density at radius 2 is 2.00 bits per heavy atom. The number of halogens is 1. The summed E-state index contributed by atoms with van der Waals surface area (Å²) in [6, 6.07) is 5.65. The molecule has 0 saturated heterocycles. The number of nitrogens with zero attached hydrogens (tertiary/aromatic N) is 2. The number of aromatic nitrogens is 2. The Morgan fingerprint density at radius 1 is 1.26 bits per heavy atom. The molecular formula is C14H18ClN3O. The molecule has 2 rings (SSSR count). The van der Waals surface area contributed by atoms with Gasteiger partial charge in [0.1, 0.15) is 0 Å². The zero-order valence-corrected chi connectivity index (χ0v) is 12.4. The van der Waals surface area contributed by atoms with Crippen LogP contribution in [-0.2, 0) is 6.54 Å². The van der Waals surface area contributed by atoms with Crippen molar-refractivity contribution in [1.29, 1.82) is 0 Å². The van der Waals surface area contributed by atoms with Crippen molar-refractivity contribution in [2.45, 2.75) is 39.8 Å². The van der Waals surface area contributed by atoms with Crippen molar-refractivity contribution < 1.29 is 4.42 Å². The van der Waals surface area contributed by atoms with Gasteiger partial charge in [-0.05, 0) is 45.4 Å². The third kappa shape index (κ3) is 3.55. The van der Waals surface area contributed by atoms with Gasteiger partial charge in [0.05, 0.1) is 6.54 Å². The van der Waals surface area contributed by atoms with E-state index in [-0.39, 0.29) is 5.54 Å². The summed E-state index contributed by atoms with van der Waals surface area (Å²) in [6.07, 6.45) is 0. The molecule has 102 valence electrons. The molecule has 0 fully saturated rings. The third-order valence-electron chi connectivity index (χ3n) is 2.73. The van der Waals surface area contributed by atoms with Crippen molar-refractivity contribution in [3.8, 4) is 11.5 Å². The SMILES string of the molecule is Cc1c(Cl)cccc1-c1nnc(CNC(C)(C)C)o1. The standard InChI is InChI=1S/C14H18ClN3O/c1-9-10(6-5-7-11(9)15)13-18-17-12(19-13)8-16-14(2,3)4/h5-7,16H,8H2,1-4H3. The van der Waals surface area contributed by atoms with Gasteiger partial charge < -0.3 is 9.73 Å². The fourth-order valence-corrected chi connectivity index (χ4v) is 1.79. The molecular weight excluding hydrogens is 262 g/mol. The van der Waals surface area contributed by atoms with Gasteiger partial charge in [0, 0.05) is 16.1 Å². The summed E-state index contributed by atoms with van der Waals surface area (Å²) in [7, 11) is 0. The topological polar surface area (TPSA) is 51.0 Å². The molecule has 5 heteroatoms. The zero-order valence-electron chi connectivity index (χ0n) is 11.6. The number of nitrogens with one attached hydrogen (secondary N) is 1. The van der Waals surface area contributed by atoms with Crippen molar-refractivity contribution >= 4 is 11.6 Å². The van der Waals surface area contributed by atoms with Crippen LogP contribution in [0.1, 0.15) is 32.2 Å². The lowest BCUT2D eigenvalue weighted by atomic mass is 10.1. The molecule has 1 N–H and O–H groups in total. The minimum Gasteiger partial charge on any atom is -0.419 e. The van der Waals surface area contributed by atoms with E-state index < -0.39 is 0 Å². The molecule has 0 aliphatic rings. The molecule has 19 heavy (non-hydrogen) atoms. The van der Waals surface area contributed by atoms with Crippen LogP contribution >= 0.6 is 11.6 Å². The van der Waals surface area contributed by atoms with Crippen molar-refractivity contribution in [2.24, 2.45) is 0 Å². The molecule has 4 nitrogen and oxygen atoms in total. The van der Waals surface area contributed by atoms with E-state index in [2.05, 4.69) is 36.3 Å². The van der Waals surface area contributed by atoms with Gasteiger partial charge >= 0.3 is 0 Å². The van der Waals surface area contributed by atoms with Gasteiger partial charge in [-0.15, -0.1) is 10.2 Å². The molecule has 1 aromatic carbocycles. The van der Waals surface area contributed by atoms with E-state index >= 15 is 0 Å². The van der Waals surface area contributed by atoms with Gasteiger partial charge in [-0.2, -0.15) is 0 Å². The minimum absolute atomic E-state index is 0.0145. The molecule has 1 heterocycles. The van der Waals surface area contributed by atoms with Gasteiger partial charge in [0.15, 0.2) is 0 Å². The quantitative estimate of drug-likeness (QED) is 0.933. The lowest BCUT2D eigenvalue weighted by molar-refractivity contribution is 0.383. The second-order valence-electron chi connectivity index (χ2n) is 5.52. The molecule has 0 spiro atoms. The molecule has 0 radical (unpaired) electrons. The molecule has 0 amide bonds. The van der Waals surface area contributed by atoms with E-state index in [1.165, 1.54) is 0 Å². The first-order valence-electron chi connectivity index (χ1n) is 6.20. The average molecular weight is 280 g/mol. The van der Waals surface area contributed by atoms with Crippen molar-refractivity contribution in [3.05, 3.63) is 34.7 Å². The molecule has 0 saturated carbocycles. The molecule has 0 aliphatic carbocycles. The Bertz CT molecular complexity index is 572. The summed E-state index contributed by atoms with van der Waals surface area (Å²) in [5.41, 5.74) is 1.84. The summed E-state index contributed by atoms with van der Waals surface area (Å²) >= 11 is 6.09. The van der Waals surface area contributed by atoms with Gasteiger partial charge in [0.2, 0.25) is 11.8 Å². The Kier molecular flexibility index (Phi) is 3.92. The maximum atomic E-state index is 6.09. The largest absolute Gasteiger partial charge is 0.419 e. The first kappa shape index (κ1) is 14.0. The fraction of sp³-hybridized carbons (Fsp3) is 0.429. The first-order valence-corrected chi connectivity index (χ1v) is 6.57. The van der Waals surface area contributed by atoms with Crippen LogP contribution in [0.4, 0.5) is 0 Å². The maximum Gasteiger partial charge on any atom is 0.248 e. The fourth-order valence-electron chi connectivity index (χ4n) is 1.61. The van der Waals surface area contributed by atoms with E-state index in [0.29, 0.717) is 23.3 Å².